The molecular weight excluding hydrogens is 178 g/mol. The second kappa shape index (κ2) is 4.56. The second-order valence-electron chi connectivity index (χ2n) is 2.25. The highest BCUT2D eigenvalue weighted by molar-refractivity contribution is 8.22. The summed E-state index contributed by atoms with van der Waals surface area (Å²) in [5.74, 6) is 1.14. The van der Waals surface area contributed by atoms with Gasteiger partial charge in [-0.1, -0.05) is 11.8 Å². The number of rotatable bonds is 0. The largest absolute Gasteiger partial charge is 0.277 e. The summed E-state index contributed by atoms with van der Waals surface area (Å²) in [7, 11) is 0. The van der Waals surface area contributed by atoms with Crippen LogP contribution in [-0.4, -0.2) is 23.0 Å². The van der Waals surface area contributed by atoms with E-state index in [4.69, 9.17) is 12.2 Å². The van der Waals surface area contributed by atoms with E-state index < -0.39 is 0 Å². The van der Waals surface area contributed by atoms with Crippen LogP contribution in [0, 0.1) is 0 Å². The number of nitrogens with one attached hydrogen (secondary N) is 3. The molecule has 0 aromatic carbocycles. The maximum absolute atomic E-state index is 4.94. The second-order valence-corrected chi connectivity index (χ2v) is 3.73. The Bertz CT molecular complexity index is 179. The van der Waals surface area contributed by atoms with Gasteiger partial charge in [0.2, 0.25) is 0 Å². The van der Waals surface area contributed by atoms with Crippen LogP contribution in [0.2, 0.25) is 0 Å². The molecular formula is C6H12N3S2+. The van der Waals surface area contributed by atoms with Gasteiger partial charge in [0.15, 0.2) is 4.32 Å². The van der Waals surface area contributed by atoms with E-state index in [1.807, 2.05) is 6.26 Å². The number of hydrogen-bond donors (Lipinski definition) is 3. The van der Waals surface area contributed by atoms with Gasteiger partial charge < -0.3 is 0 Å². The van der Waals surface area contributed by atoms with Gasteiger partial charge in [0, 0.05) is 0 Å². The minimum absolute atomic E-state index is 0.770. The van der Waals surface area contributed by atoms with E-state index in [9.17, 15) is 0 Å². The Kier molecular flexibility index (Phi) is 3.65. The molecule has 0 spiro atoms. The summed E-state index contributed by atoms with van der Waals surface area (Å²) in [6.07, 6.45) is 4.24. The molecule has 1 aliphatic rings. The molecule has 0 saturated carbocycles. The van der Waals surface area contributed by atoms with Crippen molar-refractivity contribution in [2.75, 3.05) is 12.8 Å². The lowest BCUT2D eigenvalue weighted by Gasteiger charge is -1.99. The molecule has 62 valence electrons. The summed E-state index contributed by atoms with van der Waals surface area (Å²) >= 11 is 6.46. The summed E-state index contributed by atoms with van der Waals surface area (Å²) < 4.78 is 0.770. The van der Waals surface area contributed by atoms with Crippen molar-refractivity contribution in [1.29, 1.82) is 0 Å². The number of thiocarbonyl (C=S) groups is 1. The highest BCUT2D eigenvalue weighted by Gasteiger charge is 2.11. The van der Waals surface area contributed by atoms with Crippen molar-refractivity contribution in [2.24, 2.45) is 0 Å². The first-order valence-corrected chi connectivity index (χ1v) is 5.16. The Balaban J connectivity index is 2.16. The highest BCUT2D eigenvalue weighted by atomic mass is 32.2. The average molecular weight is 190 g/mol. The fourth-order valence-corrected chi connectivity index (χ4v) is 1.08. The van der Waals surface area contributed by atoms with E-state index in [0.717, 1.165) is 23.1 Å². The molecule has 3 nitrogen and oxygen atoms in total. The molecule has 1 heterocycles. The summed E-state index contributed by atoms with van der Waals surface area (Å²) in [6, 6.07) is 0. The number of hydrazine groups is 1. The number of hydrogen-bond acceptors (Lipinski definition) is 3. The quantitative estimate of drug-likeness (QED) is 0.338. The van der Waals surface area contributed by atoms with E-state index >= 15 is 0 Å². The smallest absolute Gasteiger partial charge is 0.265 e. The molecule has 1 aliphatic heterocycles. The zero-order chi connectivity index (χ0) is 8.10. The van der Waals surface area contributed by atoms with Gasteiger partial charge in [-0.15, -0.1) is 0 Å². The Morgan fingerprint density at radius 1 is 1.73 bits per heavy atom. The van der Waals surface area contributed by atoms with Crippen LogP contribution in [0.1, 0.15) is 12.8 Å². The van der Waals surface area contributed by atoms with Crippen LogP contribution in [0.5, 0.6) is 0 Å². The van der Waals surface area contributed by atoms with Crippen LogP contribution >= 0.6 is 24.0 Å². The molecule has 0 bridgehead atoms. The zero-order valence-corrected chi connectivity index (χ0v) is 8.07. The van der Waals surface area contributed by atoms with Gasteiger partial charge in [0.25, 0.3) is 5.84 Å². The van der Waals surface area contributed by atoms with Gasteiger partial charge in [0.1, 0.15) is 0 Å². The van der Waals surface area contributed by atoms with Crippen molar-refractivity contribution in [3.63, 3.8) is 0 Å². The minimum atomic E-state index is 0.770. The number of thioether (sulfide) groups is 1. The van der Waals surface area contributed by atoms with E-state index in [0.29, 0.717) is 0 Å². The van der Waals surface area contributed by atoms with E-state index in [2.05, 4.69) is 15.8 Å². The molecule has 1 rings (SSSR count). The molecule has 0 atom stereocenters. The van der Waals surface area contributed by atoms with Crippen LogP contribution in [0.3, 0.4) is 0 Å². The molecule has 0 aromatic rings. The molecule has 11 heavy (non-hydrogen) atoms. The van der Waals surface area contributed by atoms with Gasteiger partial charge in [0.05, 0.1) is 13.0 Å². The summed E-state index contributed by atoms with van der Waals surface area (Å²) in [6.45, 7) is 1.07. The third-order valence-corrected chi connectivity index (χ3v) is 2.52. The molecule has 0 aliphatic carbocycles. The maximum atomic E-state index is 4.94. The third kappa shape index (κ3) is 3.07. The molecule has 0 amide bonds. The van der Waals surface area contributed by atoms with Crippen LogP contribution < -0.4 is 15.8 Å². The van der Waals surface area contributed by atoms with Crippen molar-refractivity contribution >= 4 is 34.1 Å². The van der Waals surface area contributed by atoms with E-state index in [-0.39, 0.29) is 0 Å². The standard InChI is InChI=1S/C6H11N3S2/c1-11-6(10)9-8-5-3-2-4-7-5/h2-4H2,1H3,(H,7,8)(H,9,10)/p+1. The summed E-state index contributed by atoms with van der Waals surface area (Å²) in [5.41, 5.74) is 5.94. The lowest BCUT2D eigenvalue weighted by atomic mass is 10.3. The molecule has 3 N–H and O–H groups in total. The zero-order valence-electron chi connectivity index (χ0n) is 6.44. The predicted octanol–water partition coefficient (Wildman–Crippen LogP) is -0.999. The summed E-state index contributed by atoms with van der Waals surface area (Å²) in [5, 5.41) is 0. The highest BCUT2D eigenvalue weighted by Crippen LogP contribution is 1.92. The van der Waals surface area contributed by atoms with Gasteiger partial charge in [-0.25, -0.2) is 5.43 Å². The van der Waals surface area contributed by atoms with Gasteiger partial charge >= 0.3 is 0 Å². The molecule has 0 aromatic heterocycles. The fraction of sp³-hybridized carbons (Fsp3) is 0.667. The molecule has 0 unspecified atom stereocenters. The molecule has 5 heteroatoms. The Morgan fingerprint density at radius 2 is 2.55 bits per heavy atom. The maximum Gasteiger partial charge on any atom is 0.265 e. The predicted molar refractivity (Wildman–Crippen MR) is 52.5 cm³/mol. The Hall–Kier alpha value is -0.290. The first-order chi connectivity index (χ1) is 5.33. The molecule has 0 saturated heterocycles. The molecule has 0 radical (unpaired) electrons. The Morgan fingerprint density at radius 3 is 3.09 bits per heavy atom. The first kappa shape index (κ1) is 8.80. The van der Waals surface area contributed by atoms with Crippen molar-refractivity contribution in [1.82, 2.24) is 10.9 Å². The van der Waals surface area contributed by atoms with Gasteiger partial charge in [-0.3, -0.25) is 4.99 Å². The Labute approximate surface area is 76.0 Å². The lowest BCUT2D eigenvalue weighted by Crippen LogP contribution is -2.73. The van der Waals surface area contributed by atoms with Crippen molar-refractivity contribution in [3.8, 4) is 0 Å². The van der Waals surface area contributed by atoms with Crippen LogP contribution in [0.4, 0.5) is 0 Å². The summed E-state index contributed by atoms with van der Waals surface area (Å²) in [4.78, 5) is 3.21. The van der Waals surface area contributed by atoms with Crippen LogP contribution in [0.25, 0.3) is 0 Å². The normalized spacial score (nSPS) is 15.9. The monoisotopic (exact) mass is 190 g/mol. The van der Waals surface area contributed by atoms with Crippen molar-refractivity contribution in [2.45, 2.75) is 12.8 Å². The van der Waals surface area contributed by atoms with Crippen molar-refractivity contribution < 1.29 is 4.99 Å². The lowest BCUT2D eigenvalue weighted by molar-refractivity contribution is -0.449. The minimum Gasteiger partial charge on any atom is -0.277 e. The van der Waals surface area contributed by atoms with Crippen LogP contribution in [0.15, 0.2) is 0 Å². The number of amidine groups is 1. The van der Waals surface area contributed by atoms with Crippen LogP contribution in [-0.2, 0) is 0 Å². The third-order valence-electron chi connectivity index (χ3n) is 1.44. The van der Waals surface area contributed by atoms with E-state index in [1.54, 1.807) is 0 Å². The molecule has 0 fully saturated rings. The topological polar surface area (TPSA) is 38.0 Å². The average Bonchev–Trinajstić information content (AvgIpc) is 2.52. The van der Waals surface area contributed by atoms with Gasteiger partial charge in [-0.05, 0) is 24.9 Å². The van der Waals surface area contributed by atoms with Gasteiger partial charge in [-0.2, -0.15) is 5.43 Å². The SMILES string of the molecule is CSC(=S)NNC1=[NH+]CCC1. The fourth-order valence-electron chi connectivity index (χ4n) is 0.877. The first-order valence-electron chi connectivity index (χ1n) is 3.52. The van der Waals surface area contributed by atoms with E-state index in [1.165, 1.54) is 18.2 Å². The van der Waals surface area contributed by atoms with Crippen molar-refractivity contribution in [3.05, 3.63) is 0 Å².